The molecule has 0 saturated carbocycles. The van der Waals surface area contributed by atoms with E-state index in [1.807, 2.05) is 18.2 Å². The summed E-state index contributed by atoms with van der Waals surface area (Å²) in [6, 6.07) is 40.6. The number of hydrogen-bond acceptors (Lipinski definition) is 4. The SMILES string of the molecule is C=C/C(=C\c1c(C)[nH]c2ccc(-c3nc4ccc(-c5ccccc5)cc4s3)cc12)c1nc2ccc(-c3ccccc3)cc2s1. The van der Waals surface area contributed by atoms with Crippen LogP contribution in [0.3, 0.4) is 0 Å². The fourth-order valence-corrected chi connectivity index (χ4v) is 7.76. The number of H-pyrrole nitrogens is 1. The second-order valence-corrected chi connectivity index (χ2v) is 12.9. The van der Waals surface area contributed by atoms with E-state index in [9.17, 15) is 0 Å². The van der Waals surface area contributed by atoms with Gasteiger partial charge in [0.15, 0.2) is 0 Å². The molecule has 0 aliphatic rings. The van der Waals surface area contributed by atoms with E-state index in [2.05, 4.69) is 128 Å². The van der Waals surface area contributed by atoms with Gasteiger partial charge in [-0.3, -0.25) is 0 Å². The molecule has 3 nitrogen and oxygen atoms in total. The van der Waals surface area contributed by atoms with Crippen LogP contribution in [0.5, 0.6) is 0 Å². The van der Waals surface area contributed by atoms with Crippen LogP contribution in [0.25, 0.3) is 75.8 Å². The number of aryl methyl sites for hydroxylation is 1. The second kappa shape index (κ2) is 10.9. The number of thiazole rings is 2. The molecular weight excluding hydrogens is 575 g/mol. The Balaban J connectivity index is 1.17. The summed E-state index contributed by atoms with van der Waals surface area (Å²) in [5.41, 5.74) is 12.3. The van der Waals surface area contributed by atoms with Gasteiger partial charge in [0.05, 0.1) is 20.4 Å². The van der Waals surface area contributed by atoms with Crippen LogP contribution in [0.1, 0.15) is 16.3 Å². The first-order valence-corrected chi connectivity index (χ1v) is 16.2. The highest BCUT2D eigenvalue weighted by molar-refractivity contribution is 7.21. The van der Waals surface area contributed by atoms with Gasteiger partial charge < -0.3 is 4.98 Å². The van der Waals surface area contributed by atoms with E-state index in [1.54, 1.807) is 22.7 Å². The topological polar surface area (TPSA) is 41.6 Å². The molecule has 3 heterocycles. The van der Waals surface area contributed by atoms with Crippen LogP contribution in [0.15, 0.2) is 128 Å². The molecule has 1 N–H and O–H groups in total. The monoisotopic (exact) mass is 601 g/mol. The molecule has 0 radical (unpaired) electrons. The number of fused-ring (bicyclic) bond motifs is 3. The van der Waals surface area contributed by atoms with Crippen molar-refractivity contribution < 1.29 is 0 Å². The quantitative estimate of drug-likeness (QED) is 0.193. The van der Waals surface area contributed by atoms with Gasteiger partial charge in [-0.1, -0.05) is 85.5 Å². The first-order valence-electron chi connectivity index (χ1n) is 14.5. The Labute approximate surface area is 263 Å². The Morgan fingerprint density at radius 3 is 1.93 bits per heavy atom. The number of nitrogens with zero attached hydrogens (tertiary/aromatic N) is 2. The Morgan fingerprint density at radius 1 is 0.659 bits per heavy atom. The van der Waals surface area contributed by atoms with Crippen LogP contribution in [0.2, 0.25) is 0 Å². The molecule has 0 spiro atoms. The number of nitrogens with one attached hydrogen (secondary N) is 1. The van der Waals surface area contributed by atoms with E-state index < -0.39 is 0 Å². The lowest BCUT2D eigenvalue weighted by Gasteiger charge is -2.01. The number of aromatic nitrogens is 3. The summed E-state index contributed by atoms with van der Waals surface area (Å²) in [5.74, 6) is 0. The van der Waals surface area contributed by atoms with Crippen molar-refractivity contribution in [1.29, 1.82) is 0 Å². The average Bonchev–Trinajstić information content (AvgIpc) is 3.78. The zero-order valence-corrected chi connectivity index (χ0v) is 25.7. The van der Waals surface area contributed by atoms with Crippen molar-refractivity contribution in [3.8, 4) is 32.8 Å². The van der Waals surface area contributed by atoms with Crippen molar-refractivity contribution in [1.82, 2.24) is 15.0 Å². The highest BCUT2D eigenvalue weighted by atomic mass is 32.1. The predicted octanol–water partition coefficient (Wildman–Crippen LogP) is 11.4. The smallest absolute Gasteiger partial charge is 0.124 e. The molecule has 0 aliphatic carbocycles. The maximum atomic E-state index is 5.01. The van der Waals surface area contributed by atoms with Crippen molar-refractivity contribution in [3.63, 3.8) is 0 Å². The Morgan fingerprint density at radius 2 is 1.27 bits per heavy atom. The highest BCUT2D eigenvalue weighted by Gasteiger charge is 2.14. The molecular formula is C39H27N3S2. The van der Waals surface area contributed by atoms with Crippen molar-refractivity contribution in [3.05, 3.63) is 144 Å². The highest BCUT2D eigenvalue weighted by Crippen LogP contribution is 2.37. The maximum Gasteiger partial charge on any atom is 0.124 e. The van der Waals surface area contributed by atoms with Gasteiger partial charge in [-0.25, -0.2) is 9.97 Å². The van der Waals surface area contributed by atoms with Gasteiger partial charge in [0, 0.05) is 33.3 Å². The molecule has 0 unspecified atom stereocenters. The molecule has 0 fully saturated rings. The van der Waals surface area contributed by atoms with Crippen LogP contribution in [0.4, 0.5) is 0 Å². The number of allylic oxidation sites excluding steroid dienone is 2. The van der Waals surface area contributed by atoms with Crippen molar-refractivity contribution in [2.45, 2.75) is 6.92 Å². The van der Waals surface area contributed by atoms with Gasteiger partial charge in [-0.15, -0.1) is 22.7 Å². The third-order valence-corrected chi connectivity index (χ3v) is 10.2. The van der Waals surface area contributed by atoms with Gasteiger partial charge in [0.2, 0.25) is 0 Å². The Hall–Kier alpha value is -5.10. The standard InChI is InChI=1S/C39H27N3S2/c1-3-25(38-41-34-18-14-28(22-36(34)43-38)26-10-6-4-7-11-26)20-31-24(2)40-33-17-16-30(21-32(31)33)39-42-35-19-15-29(23-37(35)44-39)27-12-8-5-9-13-27/h3-23,40H,1H2,2H3/b25-20+. The Bertz CT molecular complexity index is 2360. The van der Waals surface area contributed by atoms with Gasteiger partial charge in [0.25, 0.3) is 0 Å². The zero-order chi connectivity index (χ0) is 29.6. The fraction of sp³-hybridized carbons (Fsp3) is 0.0256. The zero-order valence-electron chi connectivity index (χ0n) is 24.0. The first kappa shape index (κ1) is 26.5. The lowest BCUT2D eigenvalue weighted by molar-refractivity contribution is 1.29. The van der Waals surface area contributed by atoms with Gasteiger partial charge in [-0.2, -0.15) is 0 Å². The molecule has 8 aromatic rings. The number of aromatic amines is 1. The molecule has 0 saturated heterocycles. The molecule has 5 heteroatoms. The minimum Gasteiger partial charge on any atom is -0.358 e. The summed E-state index contributed by atoms with van der Waals surface area (Å²) in [6.45, 7) is 6.29. The molecule has 210 valence electrons. The first-order chi connectivity index (χ1) is 21.6. The summed E-state index contributed by atoms with van der Waals surface area (Å²) in [6.07, 6.45) is 4.13. The van der Waals surface area contributed by atoms with E-state index in [4.69, 9.17) is 9.97 Å². The van der Waals surface area contributed by atoms with Gasteiger partial charge in [0.1, 0.15) is 10.0 Å². The van der Waals surface area contributed by atoms with Crippen LogP contribution in [0, 0.1) is 6.92 Å². The van der Waals surface area contributed by atoms with E-state index in [0.717, 1.165) is 54.3 Å². The largest absolute Gasteiger partial charge is 0.358 e. The van der Waals surface area contributed by atoms with E-state index >= 15 is 0 Å². The number of benzene rings is 5. The third kappa shape index (κ3) is 4.77. The van der Waals surface area contributed by atoms with E-state index in [1.165, 1.54) is 31.7 Å². The summed E-state index contributed by atoms with van der Waals surface area (Å²) >= 11 is 3.44. The lowest BCUT2D eigenvalue weighted by atomic mass is 10.0. The minimum absolute atomic E-state index is 0.963. The number of rotatable bonds is 6. The summed E-state index contributed by atoms with van der Waals surface area (Å²) in [4.78, 5) is 13.6. The van der Waals surface area contributed by atoms with Crippen molar-refractivity contribution >= 4 is 65.7 Å². The van der Waals surface area contributed by atoms with E-state index in [-0.39, 0.29) is 0 Å². The molecule has 44 heavy (non-hydrogen) atoms. The fourth-order valence-electron chi connectivity index (χ4n) is 5.75. The second-order valence-electron chi connectivity index (χ2n) is 10.9. The molecule has 8 rings (SSSR count). The molecule has 0 atom stereocenters. The summed E-state index contributed by atoms with van der Waals surface area (Å²) in [5, 5.41) is 3.15. The Kier molecular flexibility index (Phi) is 6.55. The summed E-state index contributed by atoms with van der Waals surface area (Å²) in [7, 11) is 0. The molecule has 3 aromatic heterocycles. The molecule has 0 amide bonds. The number of hydrogen-bond donors (Lipinski definition) is 1. The summed E-state index contributed by atoms with van der Waals surface area (Å²) < 4.78 is 2.35. The molecule has 0 aliphatic heterocycles. The predicted molar refractivity (Wildman–Crippen MR) is 190 cm³/mol. The minimum atomic E-state index is 0.963. The van der Waals surface area contributed by atoms with Gasteiger partial charge >= 0.3 is 0 Å². The van der Waals surface area contributed by atoms with E-state index in [0.29, 0.717) is 0 Å². The van der Waals surface area contributed by atoms with Crippen molar-refractivity contribution in [2.24, 2.45) is 0 Å². The average molecular weight is 602 g/mol. The third-order valence-electron chi connectivity index (χ3n) is 8.04. The molecule has 0 bridgehead atoms. The van der Waals surface area contributed by atoms with Crippen LogP contribution in [-0.2, 0) is 0 Å². The van der Waals surface area contributed by atoms with Crippen LogP contribution >= 0.6 is 22.7 Å². The maximum absolute atomic E-state index is 5.01. The lowest BCUT2D eigenvalue weighted by Crippen LogP contribution is -1.82. The molecule has 5 aromatic carbocycles. The normalized spacial score (nSPS) is 12.0. The van der Waals surface area contributed by atoms with Crippen LogP contribution < -0.4 is 0 Å². The van der Waals surface area contributed by atoms with Crippen molar-refractivity contribution in [2.75, 3.05) is 0 Å². The van der Waals surface area contributed by atoms with Crippen LogP contribution in [-0.4, -0.2) is 15.0 Å². The van der Waals surface area contributed by atoms with Gasteiger partial charge in [-0.05, 0) is 77.7 Å².